The second-order valence-corrected chi connectivity index (χ2v) is 6.55. The standard InChI is InChI=1S/C18H27N3O2/c1-13(2)17(22)20-9-4-10-21(12-11-20)18(23)16(19)15-7-5-14(3)6-8-15/h5-8,13,16H,4,9-12,19H2,1-3H3. The minimum atomic E-state index is -0.636. The quantitative estimate of drug-likeness (QED) is 0.923. The van der Waals surface area contributed by atoms with Crippen LogP contribution in [0.1, 0.15) is 37.4 Å². The van der Waals surface area contributed by atoms with Crippen LogP contribution in [0.3, 0.4) is 0 Å². The van der Waals surface area contributed by atoms with Gasteiger partial charge in [-0.2, -0.15) is 0 Å². The van der Waals surface area contributed by atoms with Crippen LogP contribution in [0.15, 0.2) is 24.3 Å². The molecule has 0 bridgehead atoms. The number of carbonyl (C=O) groups excluding carboxylic acids is 2. The molecule has 5 heteroatoms. The zero-order valence-electron chi connectivity index (χ0n) is 14.3. The summed E-state index contributed by atoms with van der Waals surface area (Å²) in [6.45, 7) is 8.32. The van der Waals surface area contributed by atoms with Crippen molar-refractivity contribution < 1.29 is 9.59 Å². The highest BCUT2D eigenvalue weighted by Crippen LogP contribution is 2.16. The molecule has 1 aromatic carbocycles. The highest BCUT2D eigenvalue weighted by molar-refractivity contribution is 5.83. The van der Waals surface area contributed by atoms with Gasteiger partial charge in [0.15, 0.2) is 0 Å². The molecule has 0 saturated carbocycles. The third kappa shape index (κ3) is 4.32. The Kier molecular flexibility index (Phi) is 5.77. The van der Waals surface area contributed by atoms with Gasteiger partial charge in [-0.15, -0.1) is 0 Å². The lowest BCUT2D eigenvalue weighted by Gasteiger charge is -2.25. The average Bonchev–Trinajstić information content (AvgIpc) is 2.79. The molecule has 5 nitrogen and oxygen atoms in total. The molecule has 1 fully saturated rings. The third-order valence-electron chi connectivity index (χ3n) is 4.32. The largest absolute Gasteiger partial charge is 0.341 e. The maximum atomic E-state index is 12.6. The van der Waals surface area contributed by atoms with Crippen molar-refractivity contribution in [2.24, 2.45) is 11.7 Å². The Morgan fingerprint density at radius 1 is 0.957 bits per heavy atom. The lowest BCUT2D eigenvalue weighted by Crippen LogP contribution is -2.42. The predicted octanol–water partition coefficient (Wildman–Crippen LogP) is 1.71. The van der Waals surface area contributed by atoms with Crippen LogP contribution in [0.2, 0.25) is 0 Å². The van der Waals surface area contributed by atoms with Gasteiger partial charge in [-0.1, -0.05) is 43.7 Å². The van der Waals surface area contributed by atoms with Gasteiger partial charge in [0.1, 0.15) is 6.04 Å². The summed E-state index contributed by atoms with van der Waals surface area (Å²) in [6.07, 6.45) is 0.796. The molecule has 1 aliphatic rings. The Labute approximate surface area is 138 Å². The van der Waals surface area contributed by atoms with Crippen molar-refractivity contribution in [3.63, 3.8) is 0 Å². The number of benzene rings is 1. The molecular formula is C18H27N3O2. The second-order valence-electron chi connectivity index (χ2n) is 6.55. The number of carbonyl (C=O) groups is 2. The van der Waals surface area contributed by atoms with E-state index in [4.69, 9.17) is 5.73 Å². The van der Waals surface area contributed by atoms with Crippen LogP contribution in [0.5, 0.6) is 0 Å². The number of hydrogen-bond acceptors (Lipinski definition) is 3. The first kappa shape index (κ1) is 17.5. The molecule has 2 N–H and O–H groups in total. The molecule has 0 spiro atoms. The van der Waals surface area contributed by atoms with Gasteiger partial charge in [-0.3, -0.25) is 9.59 Å². The Morgan fingerprint density at radius 3 is 2.00 bits per heavy atom. The van der Waals surface area contributed by atoms with Gasteiger partial charge in [0.05, 0.1) is 0 Å². The Balaban J connectivity index is 2.00. The number of amides is 2. The van der Waals surface area contributed by atoms with E-state index in [2.05, 4.69) is 0 Å². The van der Waals surface area contributed by atoms with E-state index in [0.29, 0.717) is 26.2 Å². The molecule has 126 valence electrons. The van der Waals surface area contributed by atoms with E-state index in [1.54, 1.807) is 4.90 Å². The van der Waals surface area contributed by atoms with Gasteiger partial charge in [0.2, 0.25) is 11.8 Å². The maximum absolute atomic E-state index is 12.6. The number of nitrogens with two attached hydrogens (primary N) is 1. The Bertz CT molecular complexity index is 554. The minimum absolute atomic E-state index is 0.00735. The fraction of sp³-hybridized carbons (Fsp3) is 0.556. The van der Waals surface area contributed by atoms with Crippen LogP contribution in [0.4, 0.5) is 0 Å². The molecule has 23 heavy (non-hydrogen) atoms. The summed E-state index contributed by atoms with van der Waals surface area (Å²) in [7, 11) is 0. The molecule has 1 unspecified atom stereocenters. The van der Waals surface area contributed by atoms with E-state index < -0.39 is 6.04 Å². The van der Waals surface area contributed by atoms with Crippen molar-refractivity contribution in [1.82, 2.24) is 9.80 Å². The molecule has 0 aromatic heterocycles. The summed E-state index contributed by atoms with van der Waals surface area (Å²) < 4.78 is 0. The Morgan fingerprint density at radius 2 is 1.48 bits per heavy atom. The van der Waals surface area contributed by atoms with Crippen LogP contribution in [-0.4, -0.2) is 47.8 Å². The van der Waals surface area contributed by atoms with Gasteiger partial charge in [0.25, 0.3) is 0 Å². The molecule has 1 heterocycles. The summed E-state index contributed by atoms with van der Waals surface area (Å²) in [6, 6.07) is 7.11. The molecule has 1 saturated heterocycles. The summed E-state index contributed by atoms with van der Waals surface area (Å²) >= 11 is 0. The SMILES string of the molecule is Cc1ccc(C(N)C(=O)N2CCCN(C(=O)C(C)C)CC2)cc1. The van der Waals surface area contributed by atoms with Gasteiger partial charge in [-0.25, -0.2) is 0 Å². The number of hydrogen-bond donors (Lipinski definition) is 1. The van der Waals surface area contributed by atoms with E-state index in [0.717, 1.165) is 17.5 Å². The highest BCUT2D eigenvalue weighted by atomic mass is 16.2. The average molecular weight is 317 g/mol. The second kappa shape index (κ2) is 7.59. The van der Waals surface area contributed by atoms with Gasteiger partial charge < -0.3 is 15.5 Å². The lowest BCUT2D eigenvalue weighted by atomic mass is 10.0. The summed E-state index contributed by atoms with van der Waals surface area (Å²) in [5, 5.41) is 0. The summed E-state index contributed by atoms with van der Waals surface area (Å²) in [4.78, 5) is 28.4. The smallest absolute Gasteiger partial charge is 0.244 e. The van der Waals surface area contributed by atoms with Crippen molar-refractivity contribution in [2.75, 3.05) is 26.2 Å². The first-order chi connectivity index (χ1) is 10.9. The van der Waals surface area contributed by atoms with Crippen LogP contribution in [0.25, 0.3) is 0 Å². The Hall–Kier alpha value is -1.88. The van der Waals surface area contributed by atoms with E-state index in [1.807, 2.05) is 49.9 Å². The molecule has 0 radical (unpaired) electrons. The van der Waals surface area contributed by atoms with Crippen molar-refractivity contribution >= 4 is 11.8 Å². The van der Waals surface area contributed by atoms with Crippen molar-refractivity contribution in [3.05, 3.63) is 35.4 Å². The third-order valence-corrected chi connectivity index (χ3v) is 4.32. The van der Waals surface area contributed by atoms with Gasteiger partial charge in [0, 0.05) is 32.1 Å². The first-order valence-corrected chi connectivity index (χ1v) is 8.30. The lowest BCUT2D eigenvalue weighted by molar-refractivity contribution is -0.136. The normalized spacial score (nSPS) is 17.1. The predicted molar refractivity (Wildman–Crippen MR) is 90.7 cm³/mol. The van der Waals surface area contributed by atoms with E-state index in [-0.39, 0.29) is 17.7 Å². The first-order valence-electron chi connectivity index (χ1n) is 8.30. The molecule has 0 aliphatic carbocycles. The van der Waals surface area contributed by atoms with Crippen molar-refractivity contribution in [1.29, 1.82) is 0 Å². The summed E-state index contributed by atoms with van der Waals surface area (Å²) in [5.74, 6) is 0.0851. The molecule has 2 rings (SSSR count). The number of rotatable bonds is 3. The molecule has 1 aliphatic heterocycles. The molecular weight excluding hydrogens is 290 g/mol. The van der Waals surface area contributed by atoms with Crippen LogP contribution in [0, 0.1) is 12.8 Å². The van der Waals surface area contributed by atoms with E-state index in [1.165, 1.54) is 0 Å². The molecule has 1 aromatic rings. The highest BCUT2D eigenvalue weighted by Gasteiger charge is 2.26. The number of aryl methyl sites for hydroxylation is 1. The molecule has 2 amide bonds. The van der Waals surface area contributed by atoms with Crippen LogP contribution in [-0.2, 0) is 9.59 Å². The zero-order chi connectivity index (χ0) is 17.0. The van der Waals surface area contributed by atoms with Crippen molar-refractivity contribution in [2.45, 2.75) is 33.2 Å². The topological polar surface area (TPSA) is 66.6 Å². The zero-order valence-corrected chi connectivity index (χ0v) is 14.3. The van der Waals surface area contributed by atoms with Crippen molar-refractivity contribution in [3.8, 4) is 0 Å². The monoisotopic (exact) mass is 317 g/mol. The summed E-state index contributed by atoms with van der Waals surface area (Å²) in [5.41, 5.74) is 8.12. The fourth-order valence-corrected chi connectivity index (χ4v) is 2.84. The number of nitrogens with zero attached hydrogens (tertiary/aromatic N) is 2. The van der Waals surface area contributed by atoms with Crippen LogP contribution < -0.4 is 5.73 Å². The van der Waals surface area contributed by atoms with Gasteiger partial charge in [-0.05, 0) is 18.9 Å². The van der Waals surface area contributed by atoms with Gasteiger partial charge >= 0.3 is 0 Å². The van der Waals surface area contributed by atoms with Crippen LogP contribution >= 0.6 is 0 Å². The maximum Gasteiger partial charge on any atom is 0.244 e. The molecule has 1 atom stereocenters. The van der Waals surface area contributed by atoms with E-state index in [9.17, 15) is 9.59 Å². The minimum Gasteiger partial charge on any atom is -0.341 e. The van der Waals surface area contributed by atoms with E-state index >= 15 is 0 Å². The fourth-order valence-electron chi connectivity index (χ4n) is 2.84.